The second-order valence-electron chi connectivity index (χ2n) is 6.05. The molecule has 136 valence electrons. The third kappa shape index (κ3) is 3.50. The van der Waals surface area contributed by atoms with Crippen LogP contribution in [0.25, 0.3) is 10.8 Å². The smallest absolute Gasteiger partial charge is 0.270 e. The number of thioether (sulfide) groups is 1. The Bertz CT molecular complexity index is 871. The van der Waals surface area contributed by atoms with Crippen molar-refractivity contribution in [2.24, 2.45) is 0 Å². The summed E-state index contributed by atoms with van der Waals surface area (Å²) < 4.78 is 0. The third-order valence-corrected chi connectivity index (χ3v) is 5.14. The number of benzene rings is 2. The van der Waals surface area contributed by atoms with Crippen molar-refractivity contribution in [2.45, 2.75) is 12.5 Å². The number of non-ortho nitro benzene ring substituents is 1. The van der Waals surface area contributed by atoms with Gasteiger partial charge < -0.3 is 10.2 Å². The number of hydrogen-bond acceptors (Lipinski definition) is 5. The first-order valence-corrected chi connectivity index (χ1v) is 9.67. The highest BCUT2D eigenvalue weighted by molar-refractivity contribution is 7.98. The number of nitrogens with zero attached hydrogens (tertiary/aromatic N) is 2. The molecule has 0 saturated carbocycles. The molecule has 7 nitrogen and oxygen atoms in total. The van der Waals surface area contributed by atoms with Crippen LogP contribution < -0.4 is 5.32 Å². The van der Waals surface area contributed by atoms with Gasteiger partial charge in [-0.25, -0.2) is 0 Å². The third-order valence-electron chi connectivity index (χ3n) is 4.49. The molecular formula is C18H19N3O4S. The molecule has 0 spiro atoms. The summed E-state index contributed by atoms with van der Waals surface area (Å²) in [6.07, 6.45) is 2.56. The van der Waals surface area contributed by atoms with E-state index >= 15 is 0 Å². The first-order chi connectivity index (χ1) is 12.5. The average Bonchev–Trinajstić information content (AvgIpc) is 2.65. The molecule has 1 heterocycles. The maximum absolute atomic E-state index is 13.2. The van der Waals surface area contributed by atoms with Crippen LogP contribution in [0.1, 0.15) is 16.8 Å². The second-order valence-corrected chi connectivity index (χ2v) is 7.04. The first-order valence-electron chi connectivity index (χ1n) is 8.27. The Morgan fingerprint density at radius 1 is 1.38 bits per heavy atom. The Hall–Kier alpha value is -2.61. The van der Waals surface area contributed by atoms with Gasteiger partial charge in [-0.15, -0.1) is 0 Å². The zero-order valence-electron chi connectivity index (χ0n) is 14.3. The fourth-order valence-electron chi connectivity index (χ4n) is 3.20. The van der Waals surface area contributed by atoms with Gasteiger partial charge >= 0.3 is 0 Å². The normalized spacial score (nSPS) is 17.2. The molecule has 1 aliphatic heterocycles. The van der Waals surface area contributed by atoms with Crippen LogP contribution in [0.15, 0.2) is 36.4 Å². The minimum atomic E-state index is -0.489. The Balaban J connectivity index is 1.97. The number of carbonyl (C=O) groups is 2. The maximum atomic E-state index is 13.2. The van der Waals surface area contributed by atoms with Gasteiger partial charge in [0.15, 0.2) is 0 Å². The van der Waals surface area contributed by atoms with Crippen molar-refractivity contribution in [1.29, 1.82) is 0 Å². The highest BCUT2D eigenvalue weighted by atomic mass is 32.2. The van der Waals surface area contributed by atoms with Crippen molar-refractivity contribution in [3.8, 4) is 0 Å². The summed E-state index contributed by atoms with van der Waals surface area (Å²) in [7, 11) is 0. The van der Waals surface area contributed by atoms with Crippen LogP contribution in [0.3, 0.4) is 0 Å². The largest absolute Gasteiger partial charge is 0.353 e. The summed E-state index contributed by atoms with van der Waals surface area (Å²) in [6, 6.07) is 9.12. The summed E-state index contributed by atoms with van der Waals surface area (Å²) in [5, 5.41) is 15.1. The van der Waals surface area contributed by atoms with Gasteiger partial charge in [-0.3, -0.25) is 19.7 Å². The van der Waals surface area contributed by atoms with Crippen molar-refractivity contribution < 1.29 is 14.5 Å². The average molecular weight is 373 g/mol. The molecule has 3 rings (SSSR count). The molecule has 1 fully saturated rings. The lowest BCUT2D eigenvalue weighted by atomic mass is 10.0. The molecule has 1 saturated heterocycles. The molecule has 0 aliphatic carbocycles. The van der Waals surface area contributed by atoms with Crippen LogP contribution in [-0.2, 0) is 4.79 Å². The van der Waals surface area contributed by atoms with Gasteiger partial charge in [-0.1, -0.05) is 12.1 Å². The molecule has 0 bridgehead atoms. The van der Waals surface area contributed by atoms with Crippen LogP contribution >= 0.6 is 11.8 Å². The number of fused-ring (bicyclic) bond motifs is 1. The molecule has 0 aromatic heterocycles. The molecule has 1 aliphatic rings. The molecule has 2 aromatic rings. The summed E-state index contributed by atoms with van der Waals surface area (Å²) >= 11 is 1.63. The number of carbonyl (C=O) groups excluding carboxylic acids is 2. The fraction of sp³-hybridized carbons (Fsp3) is 0.333. The minimum absolute atomic E-state index is 0.0164. The number of amides is 2. The highest BCUT2D eigenvalue weighted by Crippen LogP contribution is 2.26. The molecule has 8 heteroatoms. The van der Waals surface area contributed by atoms with Gasteiger partial charge in [0.2, 0.25) is 5.91 Å². The van der Waals surface area contributed by atoms with Crippen molar-refractivity contribution in [3.05, 3.63) is 52.1 Å². The summed E-state index contributed by atoms with van der Waals surface area (Å²) in [5.41, 5.74) is 0.443. The zero-order valence-corrected chi connectivity index (χ0v) is 15.1. The van der Waals surface area contributed by atoms with E-state index in [0.717, 1.165) is 5.75 Å². The molecule has 2 aromatic carbocycles. The fourth-order valence-corrected chi connectivity index (χ4v) is 3.66. The predicted molar refractivity (Wildman–Crippen MR) is 101 cm³/mol. The van der Waals surface area contributed by atoms with Crippen LogP contribution in [0, 0.1) is 10.1 Å². The standard InChI is InChI=1S/C18H19N3O4S/c1-26-10-7-16-17(22)19-8-9-20(16)18(23)15-4-2-3-12-11-13(21(24)25)5-6-14(12)15/h2-6,11,16H,7-10H2,1H3,(H,19,22)/t16-/m0/s1. The van der Waals surface area contributed by atoms with E-state index in [9.17, 15) is 19.7 Å². The first kappa shape index (κ1) is 18.2. The van der Waals surface area contributed by atoms with E-state index in [0.29, 0.717) is 35.8 Å². The number of nitro groups is 1. The minimum Gasteiger partial charge on any atom is -0.353 e. The lowest BCUT2D eigenvalue weighted by Gasteiger charge is -2.35. The summed E-state index contributed by atoms with van der Waals surface area (Å²) in [6.45, 7) is 0.879. The van der Waals surface area contributed by atoms with Gasteiger partial charge in [-0.2, -0.15) is 11.8 Å². The molecule has 1 N–H and O–H groups in total. The van der Waals surface area contributed by atoms with Crippen LogP contribution in [0.2, 0.25) is 0 Å². The molecule has 0 radical (unpaired) electrons. The maximum Gasteiger partial charge on any atom is 0.270 e. The monoisotopic (exact) mass is 373 g/mol. The van der Waals surface area contributed by atoms with Gasteiger partial charge in [0.25, 0.3) is 11.6 Å². The molecule has 2 amide bonds. The SMILES string of the molecule is CSCC[C@H]1C(=O)NCCN1C(=O)c1cccc2cc([N+](=O)[O-])ccc12. The topological polar surface area (TPSA) is 92.6 Å². The van der Waals surface area contributed by atoms with E-state index in [4.69, 9.17) is 0 Å². The van der Waals surface area contributed by atoms with E-state index in [1.807, 2.05) is 6.26 Å². The molecule has 0 unspecified atom stereocenters. The lowest BCUT2D eigenvalue weighted by molar-refractivity contribution is -0.384. The van der Waals surface area contributed by atoms with Crippen LogP contribution in [-0.4, -0.2) is 52.8 Å². The van der Waals surface area contributed by atoms with Crippen LogP contribution in [0.5, 0.6) is 0 Å². The van der Waals surface area contributed by atoms with E-state index in [2.05, 4.69) is 5.32 Å². The van der Waals surface area contributed by atoms with Gasteiger partial charge in [0.1, 0.15) is 6.04 Å². The van der Waals surface area contributed by atoms with Gasteiger partial charge in [0, 0.05) is 30.8 Å². The number of rotatable bonds is 5. The summed E-state index contributed by atoms with van der Waals surface area (Å²) in [4.78, 5) is 37.5. The van der Waals surface area contributed by atoms with E-state index in [-0.39, 0.29) is 17.5 Å². The van der Waals surface area contributed by atoms with Crippen molar-refractivity contribution in [2.75, 3.05) is 25.1 Å². The zero-order chi connectivity index (χ0) is 18.7. The molecule has 26 heavy (non-hydrogen) atoms. The number of nitrogens with one attached hydrogen (secondary N) is 1. The Morgan fingerprint density at radius 2 is 2.19 bits per heavy atom. The quantitative estimate of drug-likeness (QED) is 0.642. The Labute approximate surface area is 154 Å². The highest BCUT2D eigenvalue weighted by Gasteiger charge is 2.33. The molecule has 1 atom stereocenters. The van der Waals surface area contributed by atoms with E-state index < -0.39 is 11.0 Å². The van der Waals surface area contributed by atoms with Crippen LogP contribution in [0.4, 0.5) is 5.69 Å². The number of piperazine rings is 1. The summed E-state index contributed by atoms with van der Waals surface area (Å²) in [5.74, 6) is 0.434. The Morgan fingerprint density at radius 3 is 2.92 bits per heavy atom. The number of nitro benzene ring substituents is 1. The van der Waals surface area contributed by atoms with E-state index in [1.54, 1.807) is 40.9 Å². The predicted octanol–water partition coefficient (Wildman–Crippen LogP) is 2.44. The van der Waals surface area contributed by atoms with Crippen molar-refractivity contribution in [3.63, 3.8) is 0 Å². The number of hydrogen-bond donors (Lipinski definition) is 1. The molecular weight excluding hydrogens is 354 g/mol. The second kappa shape index (κ2) is 7.74. The van der Waals surface area contributed by atoms with Gasteiger partial charge in [-0.05, 0) is 41.3 Å². The van der Waals surface area contributed by atoms with Gasteiger partial charge in [0.05, 0.1) is 4.92 Å². The Kier molecular flexibility index (Phi) is 5.41. The van der Waals surface area contributed by atoms with Crippen molar-refractivity contribution >= 4 is 40.0 Å². The van der Waals surface area contributed by atoms with Crippen molar-refractivity contribution in [1.82, 2.24) is 10.2 Å². The lowest BCUT2D eigenvalue weighted by Crippen LogP contribution is -2.57. The van der Waals surface area contributed by atoms with E-state index in [1.165, 1.54) is 12.1 Å².